The quantitative estimate of drug-likeness (QED) is 0.201. The second-order valence-corrected chi connectivity index (χ2v) is 9.90. The summed E-state index contributed by atoms with van der Waals surface area (Å²) in [5.74, 6) is -0.457. The van der Waals surface area contributed by atoms with Crippen LogP contribution in [0.1, 0.15) is 5.56 Å². The predicted octanol–water partition coefficient (Wildman–Crippen LogP) is 4.73. The molecule has 0 unspecified atom stereocenters. The van der Waals surface area contributed by atoms with Gasteiger partial charge in [0.2, 0.25) is 0 Å². The van der Waals surface area contributed by atoms with Crippen molar-refractivity contribution in [3.05, 3.63) is 115 Å². The van der Waals surface area contributed by atoms with Gasteiger partial charge in [-0.15, -0.1) is 0 Å². The first-order chi connectivity index (χ1) is 17.5. The third-order valence-electron chi connectivity index (χ3n) is 5.72. The first-order valence-electron chi connectivity index (χ1n) is 11.3. The van der Waals surface area contributed by atoms with E-state index in [0.717, 1.165) is 31.4 Å². The van der Waals surface area contributed by atoms with Gasteiger partial charge >= 0.3 is 0 Å². The number of amides is 1. The molecular formula is C28H22N4O3S. The molecule has 178 valence electrons. The number of carbonyl (C=O) groups is 1. The van der Waals surface area contributed by atoms with E-state index in [1.807, 2.05) is 48.5 Å². The minimum Gasteiger partial charge on any atom is -0.271 e. The van der Waals surface area contributed by atoms with Crippen molar-refractivity contribution in [1.82, 2.24) is 10.4 Å². The van der Waals surface area contributed by atoms with Crippen LogP contribution in [0.25, 0.3) is 21.5 Å². The van der Waals surface area contributed by atoms with Crippen molar-refractivity contribution in [2.24, 2.45) is 5.10 Å². The fraction of sp³-hybridized carbons (Fsp3) is 0.0357. The highest BCUT2D eigenvalue weighted by molar-refractivity contribution is 7.92. The van der Waals surface area contributed by atoms with Crippen molar-refractivity contribution < 1.29 is 13.2 Å². The third kappa shape index (κ3) is 4.67. The largest absolute Gasteiger partial charge is 0.271 e. The molecule has 0 aliphatic carbocycles. The number of fused-ring (bicyclic) bond motifs is 2. The number of pyridine rings is 1. The number of aromatic nitrogens is 1. The van der Waals surface area contributed by atoms with Crippen molar-refractivity contribution in [3.63, 3.8) is 0 Å². The summed E-state index contributed by atoms with van der Waals surface area (Å²) in [6, 6.07) is 30.8. The second-order valence-electron chi connectivity index (χ2n) is 8.04. The topological polar surface area (TPSA) is 91.7 Å². The smallest absolute Gasteiger partial charge is 0.265 e. The molecule has 1 N–H and O–H groups in total. The van der Waals surface area contributed by atoms with Crippen LogP contribution in [0.4, 0.5) is 5.82 Å². The lowest BCUT2D eigenvalue weighted by Gasteiger charge is -2.22. The molecule has 0 aliphatic rings. The Morgan fingerprint density at radius 1 is 0.833 bits per heavy atom. The number of nitrogens with zero attached hydrogens (tertiary/aromatic N) is 3. The fourth-order valence-electron chi connectivity index (χ4n) is 4.03. The molecule has 36 heavy (non-hydrogen) atoms. The molecule has 0 saturated heterocycles. The molecule has 8 heteroatoms. The van der Waals surface area contributed by atoms with Gasteiger partial charge in [-0.25, -0.2) is 23.1 Å². The highest BCUT2D eigenvalue weighted by Gasteiger charge is 2.27. The maximum Gasteiger partial charge on any atom is 0.265 e. The summed E-state index contributed by atoms with van der Waals surface area (Å²) in [6.07, 6.45) is 3.07. The van der Waals surface area contributed by atoms with E-state index in [2.05, 4.69) is 21.6 Å². The molecule has 7 nitrogen and oxygen atoms in total. The summed E-state index contributed by atoms with van der Waals surface area (Å²) >= 11 is 0. The van der Waals surface area contributed by atoms with Crippen LogP contribution in [0.2, 0.25) is 0 Å². The van der Waals surface area contributed by atoms with E-state index in [1.165, 1.54) is 18.3 Å². The molecule has 1 amide bonds. The zero-order valence-corrected chi connectivity index (χ0v) is 20.0. The SMILES string of the molecule is O=C(CN(c1ccccn1)S(=O)(=O)c1ccccc1)N/N=C/c1c2ccccc2cc2ccccc12. The first-order valence-corrected chi connectivity index (χ1v) is 12.7. The summed E-state index contributed by atoms with van der Waals surface area (Å²) in [5.41, 5.74) is 3.34. The van der Waals surface area contributed by atoms with Gasteiger partial charge < -0.3 is 0 Å². The van der Waals surface area contributed by atoms with Crippen LogP contribution in [-0.4, -0.2) is 32.1 Å². The second kappa shape index (κ2) is 9.97. The number of nitrogens with one attached hydrogen (secondary N) is 1. The number of rotatable bonds is 7. The number of hydrazone groups is 1. The van der Waals surface area contributed by atoms with Crippen LogP contribution in [0, 0.1) is 0 Å². The summed E-state index contributed by atoms with van der Waals surface area (Å²) in [4.78, 5) is 17.1. The van der Waals surface area contributed by atoms with Gasteiger partial charge in [-0.1, -0.05) is 72.8 Å². The molecule has 5 aromatic rings. The van der Waals surface area contributed by atoms with E-state index < -0.39 is 22.5 Å². The Bertz CT molecular complexity index is 1620. The number of hydrogen-bond donors (Lipinski definition) is 1. The molecule has 1 heterocycles. The minimum atomic E-state index is -4.03. The van der Waals surface area contributed by atoms with E-state index >= 15 is 0 Å². The lowest BCUT2D eigenvalue weighted by molar-refractivity contribution is -0.119. The van der Waals surface area contributed by atoms with Gasteiger partial charge in [-0.3, -0.25) is 4.79 Å². The van der Waals surface area contributed by atoms with Crippen molar-refractivity contribution in [2.45, 2.75) is 4.90 Å². The molecular weight excluding hydrogens is 472 g/mol. The van der Waals surface area contributed by atoms with Crippen molar-refractivity contribution in [2.75, 3.05) is 10.8 Å². The summed E-state index contributed by atoms with van der Waals surface area (Å²) in [5, 5.41) is 8.28. The van der Waals surface area contributed by atoms with Crippen molar-refractivity contribution in [3.8, 4) is 0 Å². The lowest BCUT2D eigenvalue weighted by atomic mass is 9.97. The van der Waals surface area contributed by atoms with E-state index in [4.69, 9.17) is 0 Å². The average molecular weight is 495 g/mol. The molecule has 0 aliphatic heterocycles. The summed E-state index contributed by atoms with van der Waals surface area (Å²) < 4.78 is 27.6. The highest BCUT2D eigenvalue weighted by Crippen LogP contribution is 2.27. The zero-order chi connectivity index (χ0) is 25.0. The molecule has 4 aromatic carbocycles. The van der Waals surface area contributed by atoms with Gasteiger partial charge in [-0.2, -0.15) is 5.10 Å². The minimum absolute atomic E-state index is 0.0641. The van der Waals surface area contributed by atoms with Crippen LogP contribution in [0.3, 0.4) is 0 Å². The molecule has 0 bridgehead atoms. The Labute approximate surface area is 208 Å². The number of hydrogen-bond acceptors (Lipinski definition) is 5. The van der Waals surface area contributed by atoms with Gasteiger partial charge in [0.05, 0.1) is 11.1 Å². The molecule has 0 radical (unpaired) electrons. The van der Waals surface area contributed by atoms with Crippen LogP contribution in [0.15, 0.2) is 119 Å². The van der Waals surface area contributed by atoms with E-state index in [0.29, 0.717) is 0 Å². The van der Waals surface area contributed by atoms with E-state index in [-0.39, 0.29) is 10.7 Å². The molecule has 5 rings (SSSR count). The van der Waals surface area contributed by atoms with Gasteiger partial charge in [0.25, 0.3) is 15.9 Å². The highest BCUT2D eigenvalue weighted by atomic mass is 32.2. The van der Waals surface area contributed by atoms with Crippen molar-refractivity contribution >= 4 is 49.5 Å². The monoisotopic (exact) mass is 494 g/mol. The normalized spacial score (nSPS) is 11.7. The van der Waals surface area contributed by atoms with Crippen LogP contribution in [0.5, 0.6) is 0 Å². The lowest BCUT2D eigenvalue weighted by Crippen LogP contribution is -2.40. The molecule has 1 aromatic heterocycles. The van der Waals surface area contributed by atoms with Gasteiger partial charge in [0, 0.05) is 11.8 Å². The molecule has 0 saturated carbocycles. The van der Waals surface area contributed by atoms with Gasteiger partial charge in [0.1, 0.15) is 12.4 Å². The standard InChI is InChI=1S/C28H22N4O3S/c33-28(20-32(27-16-8-9-17-29-27)36(34,35)23-12-2-1-3-13-23)31-30-19-26-24-14-6-4-10-21(24)18-22-11-5-7-15-25(22)26/h1-19H,20H2,(H,31,33)/b30-19+. The van der Waals surface area contributed by atoms with E-state index in [9.17, 15) is 13.2 Å². The van der Waals surface area contributed by atoms with Crippen LogP contribution in [-0.2, 0) is 14.8 Å². The zero-order valence-electron chi connectivity index (χ0n) is 19.2. The Morgan fingerprint density at radius 3 is 2.08 bits per heavy atom. The van der Waals surface area contributed by atoms with E-state index in [1.54, 1.807) is 42.6 Å². The molecule has 0 fully saturated rings. The summed E-state index contributed by atoms with van der Waals surface area (Å²) in [6.45, 7) is -0.484. The predicted molar refractivity (Wildman–Crippen MR) is 142 cm³/mol. The van der Waals surface area contributed by atoms with Crippen LogP contribution < -0.4 is 9.73 Å². The molecule has 0 atom stereocenters. The van der Waals surface area contributed by atoms with Gasteiger partial charge in [-0.05, 0) is 51.9 Å². The number of anilines is 1. The maximum absolute atomic E-state index is 13.3. The Morgan fingerprint density at radius 2 is 1.44 bits per heavy atom. The van der Waals surface area contributed by atoms with Gasteiger partial charge in [0.15, 0.2) is 0 Å². The Balaban J connectivity index is 1.43. The number of carbonyl (C=O) groups excluding carboxylic acids is 1. The average Bonchev–Trinajstić information content (AvgIpc) is 2.92. The fourth-order valence-corrected chi connectivity index (χ4v) is 5.43. The first kappa shape index (κ1) is 23.2. The van der Waals surface area contributed by atoms with Crippen molar-refractivity contribution in [1.29, 1.82) is 0 Å². The Kier molecular flexibility index (Phi) is 6.42. The third-order valence-corrected chi connectivity index (χ3v) is 7.48. The number of sulfonamides is 1. The Hall–Kier alpha value is -4.56. The molecule has 0 spiro atoms. The maximum atomic E-state index is 13.3. The number of benzene rings is 4. The van der Waals surface area contributed by atoms with Crippen LogP contribution >= 0.6 is 0 Å². The summed E-state index contributed by atoms with van der Waals surface area (Å²) in [7, 11) is -4.03.